The van der Waals surface area contributed by atoms with Gasteiger partial charge in [0.25, 0.3) is 0 Å². The number of amides is 1. The maximum absolute atomic E-state index is 12.1. The Morgan fingerprint density at radius 1 is 1.33 bits per heavy atom. The highest BCUT2D eigenvalue weighted by molar-refractivity contribution is 5.90. The molecule has 2 rings (SSSR count). The van der Waals surface area contributed by atoms with Gasteiger partial charge in [-0.05, 0) is 52.2 Å². The van der Waals surface area contributed by atoms with Crippen LogP contribution >= 0.6 is 0 Å². The molecule has 1 aromatic rings. The van der Waals surface area contributed by atoms with Crippen LogP contribution in [0.1, 0.15) is 45.6 Å². The van der Waals surface area contributed by atoms with Crippen LogP contribution in [0, 0.1) is 6.92 Å². The first kappa shape index (κ1) is 21.2. The topological polar surface area (TPSA) is 81.6 Å². The van der Waals surface area contributed by atoms with E-state index < -0.39 is 0 Å². The van der Waals surface area contributed by atoms with Crippen molar-refractivity contribution in [2.75, 3.05) is 31.5 Å². The Balaban J connectivity index is 1.77. The summed E-state index contributed by atoms with van der Waals surface area (Å²) < 4.78 is 0. The molecule has 7 nitrogen and oxygen atoms in total. The Hall–Kier alpha value is -2.15. The third kappa shape index (κ3) is 7.54. The quantitative estimate of drug-likeness (QED) is 0.503. The van der Waals surface area contributed by atoms with E-state index >= 15 is 0 Å². The molecule has 0 spiro atoms. The van der Waals surface area contributed by atoms with Gasteiger partial charge in [0.2, 0.25) is 5.91 Å². The van der Waals surface area contributed by atoms with Gasteiger partial charge in [0.05, 0.1) is 6.54 Å². The van der Waals surface area contributed by atoms with E-state index in [2.05, 4.69) is 44.7 Å². The summed E-state index contributed by atoms with van der Waals surface area (Å²) in [5, 5.41) is 9.59. The Labute approximate surface area is 163 Å². The summed E-state index contributed by atoms with van der Waals surface area (Å²) in [7, 11) is 0. The van der Waals surface area contributed by atoms with Crippen LogP contribution in [0.25, 0.3) is 0 Å². The minimum Gasteiger partial charge on any atom is -0.357 e. The molecule has 0 atom stereocenters. The van der Waals surface area contributed by atoms with Gasteiger partial charge in [-0.2, -0.15) is 0 Å². The van der Waals surface area contributed by atoms with Gasteiger partial charge in [0, 0.05) is 44.3 Å². The fraction of sp³-hybridized carbons (Fsp3) is 0.650. The number of hydrogen-bond donors (Lipinski definition) is 3. The van der Waals surface area contributed by atoms with Gasteiger partial charge < -0.3 is 20.9 Å². The molecule has 27 heavy (non-hydrogen) atoms. The van der Waals surface area contributed by atoms with Gasteiger partial charge in [-0.3, -0.25) is 9.79 Å². The van der Waals surface area contributed by atoms with E-state index in [1.54, 1.807) is 6.20 Å². The number of carbonyl (C=O) groups excluding carboxylic acids is 1. The molecule has 1 aliphatic heterocycles. The molecule has 150 valence electrons. The van der Waals surface area contributed by atoms with Gasteiger partial charge in [-0.25, -0.2) is 4.98 Å². The van der Waals surface area contributed by atoms with Gasteiger partial charge in [-0.15, -0.1) is 0 Å². The largest absolute Gasteiger partial charge is 0.357 e. The number of anilines is 1. The number of aryl methyl sites for hydroxylation is 1. The zero-order valence-electron chi connectivity index (χ0n) is 17.1. The number of carbonyl (C=O) groups is 1. The van der Waals surface area contributed by atoms with Crippen molar-refractivity contribution in [1.82, 2.24) is 20.5 Å². The molecule has 0 radical (unpaired) electrons. The molecule has 1 amide bonds. The van der Waals surface area contributed by atoms with Crippen molar-refractivity contribution in [3.05, 3.63) is 23.9 Å². The lowest BCUT2D eigenvalue weighted by Gasteiger charge is -2.35. The van der Waals surface area contributed by atoms with Gasteiger partial charge in [0.15, 0.2) is 5.96 Å². The zero-order valence-corrected chi connectivity index (χ0v) is 17.1. The maximum atomic E-state index is 12.1. The van der Waals surface area contributed by atoms with Crippen LogP contribution in [0.15, 0.2) is 23.3 Å². The van der Waals surface area contributed by atoms with Crippen molar-refractivity contribution in [2.24, 2.45) is 4.99 Å². The summed E-state index contributed by atoms with van der Waals surface area (Å²) in [6, 6.07) is 4.78. The highest BCUT2D eigenvalue weighted by Crippen LogP contribution is 2.12. The number of piperidine rings is 1. The van der Waals surface area contributed by atoms with Crippen LogP contribution in [-0.4, -0.2) is 60.0 Å². The molecular weight excluding hydrogens is 340 g/mol. The number of nitrogens with one attached hydrogen (secondary N) is 3. The fourth-order valence-electron chi connectivity index (χ4n) is 3.09. The normalized spacial score (nSPS) is 16.4. The Kier molecular flexibility index (Phi) is 8.51. The van der Waals surface area contributed by atoms with Crippen LogP contribution in [0.2, 0.25) is 0 Å². The predicted octanol–water partition coefficient (Wildman–Crippen LogP) is 2.15. The Morgan fingerprint density at radius 2 is 2.07 bits per heavy atom. The SMILES string of the molecule is CCNC(=NCCC(=O)Nc1ccc(C)cn1)NC1CCN(C(C)C)CC1. The van der Waals surface area contributed by atoms with Gasteiger partial charge >= 0.3 is 0 Å². The second-order valence-corrected chi connectivity index (χ2v) is 7.33. The third-order valence-corrected chi connectivity index (χ3v) is 4.73. The minimum atomic E-state index is -0.0730. The first-order valence-electron chi connectivity index (χ1n) is 9.99. The predicted molar refractivity (Wildman–Crippen MR) is 111 cm³/mol. The van der Waals surface area contributed by atoms with Gasteiger partial charge in [0.1, 0.15) is 5.82 Å². The molecule has 0 bridgehead atoms. The summed E-state index contributed by atoms with van der Waals surface area (Å²) in [6.07, 6.45) is 4.30. The van der Waals surface area contributed by atoms with E-state index in [9.17, 15) is 4.79 Å². The van der Waals surface area contributed by atoms with Crippen molar-refractivity contribution in [3.63, 3.8) is 0 Å². The van der Waals surface area contributed by atoms with Crippen LogP contribution in [-0.2, 0) is 4.79 Å². The number of likely N-dealkylation sites (tertiary alicyclic amines) is 1. The van der Waals surface area contributed by atoms with E-state index in [0.29, 0.717) is 30.9 Å². The molecular formula is C20H34N6O. The van der Waals surface area contributed by atoms with Crippen LogP contribution in [0.4, 0.5) is 5.82 Å². The summed E-state index contributed by atoms with van der Waals surface area (Å²) >= 11 is 0. The summed E-state index contributed by atoms with van der Waals surface area (Å²) in [4.78, 5) is 23.3. The number of aliphatic imine (C=N–C) groups is 1. The Bertz CT molecular complexity index is 605. The zero-order chi connectivity index (χ0) is 19.6. The number of pyridine rings is 1. The van der Waals surface area contributed by atoms with E-state index in [-0.39, 0.29) is 5.91 Å². The molecule has 0 unspecified atom stereocenters. The Morgan fingerprint density at radius 3 is 2.67 bits per heavy atom. The first-order chi connectivity index (χ1) is 13.0. The summed E-state index contributed by atoms with van der Waals surface area (Å²) in [5.74, 6) is 1.30. The van der Waals surface area contributed by atoms with Crippen molar-refractivity contribution in [1.29, 1.82) is 0 Å². The van der Waals surface area contributed by atoms with Crippen LogP contribution < -0.4 is 16.0 Å². The average molecular weight is 375 g/mol. The minimum absolute atomic E-state index is 0.0730. The lowest BCUT2D eigenvalue weighted by Crippen LogP contribution is -2.49. The summed E-state index contributed by atoms with van der Waals surface area (Å²) in [5.41, 5.74) is 1.07. The highest BCUT2D eigenvalue weighted by Gasteiger charge is 2.21. The fourth-order valence-corrected chi connectivity index (χ4v) is 3.09. The lowest BCUT2D eigenvalue weighted by molar-refractivity contribution is -0.116. The lowest BCUT2D eigenvalue weighted by atomic mass is 10.0. The van der Waals surface area contributed by atoms with Crippen molar-refractivity contribution >= 4 is 17.7 Å². The number of guanidine groups is 1. The maximum Gasteiger partial charge on any atom is 0.227 e. The van der Waals surface area contributed by atoms with E-state index in [1.165, 1.54) is 0 Å². The van der Waals surface area contributed by atoms with Crippen LogP contribution in [0.5, 0.6) is 0 Å². The van der Waals surface area contributed by atoms with Crippen molar-refractivity contribution in [3.8, 4) is 0 Å². The van der Waals surface area contributed by atoms with E-state index in [4.69, 9.17) is 0 Å². The first-order valence-corrected chi connectivity index (χ1v) is 9.99. The molecule has 2 heterocycles. The van der Waals surface area contributed by atoms with E-state index in [0.717, 1.165) is 44.0 Å². The molecule has 1 fully saturated rings. The van der Waals surface area contributed by atoms with E-state index in [1.807, 2.05) is 26.0 Å². The molecule has 7 heteroatoms. The molecule has 1 saturated heterocycles. The smallest absolute Gasteiger partial charge is 0.227 e. The third-order valence-electron chi connectivity index (χ3n) is 4.73. The summed E-state index contributed by atoms with van der Waals surface area (Å²) in [6.45, 7) is 12.0. The molecule has 0 saturated carbocycles. The standard InChI is InChI=1S/C20H34N6O/c1-5-21-20(24-17-9-12-26(13-10-17)15(2)3)22-11-8-19(27)25-18-7-6-16(4)14-23-18/h6-7,14-15,17H,5,8-13H2,1-4H3,(H2,21,22,24)(H,23,25,27). The molecule has 0 aromatic carbocycles. The van der Waals surface area contributed by atoms with Gasteiger partial charge in [-0.1, -0.05) is 6.07 Å². The molecule has 1 aromatic heterocycles. The number of rotatable bonds is 7. The van der Waals surface area contributed by atoms with Crippen LogP contribution in [0.3, 0.4) is 0 Å². The highest BCUT2D eigenvalue weighted by atomic mass is 16.1. The number of hydrogen-bond acceptors (Lipinski definition) is 4. The van der Waals surface area contributed by atoms with Crippen molar-refractivity contribution in [2.45, 2.75) is 59.0 Å². The number of nitrogens with zero attached hydrogens (tertiary/aromatic N) is 3. The second kappa shape index (κ2) is 10.9. The van der Waals surface area contributed by atoms with Crippen molar-refractivity contribution < 1.29 is 4.79 Å². The average Bonchev–Trinajstić information content (AvgIpc) is 2.64. The molecule has 0 aliphatic carbocycles. The number of aromatic nitrogens is 1. The second-order valence-electron chi connectivity index (χ2n) is 7.33. The molecule has 3 N–H and O–H groups in total. The molecule has 1 aliphatic rings. The monoisotopic (exact) mass is 374 g/mol.